The lowest BCUT2D eigenvalue weighted by Gasteiger charge is -2.43. The Morgan fingerprint density at radius 1 is 0.408 bits per heavy atom. The second kappa shape index (κ2) is 25.0. The summed E-state index contributed by atoms with van der Waals surface area (Å²) in [7, 11) is -7.19. The second-order valence-corrected chi connectivity index (χ2v) is 37.5. The zero-order valence-corrected chi connectivity index (χ0v) is 60.7. The van der Waals surface area contributed by atoms with Crippen molar-refractivity contribution in [1.82, 2.24) is 38.0 Å². The van der Waals surface area contributed by atoms with E-state index >= 15 is 0 Å². The monoisotopic (exact) mass is 1390 g/mol. The van der Waals surface area contributed by atoms with Crippen molar-refractivity contribution in [3.8, 4) is 46.0 Å². The van der Waals surface area contributed by atoms with Crippen molar-refractivity contribution < 1.29 is 67.2 Å². The molecule has 6 aliphatic heterocycles. The number of rotatable bonds is 14. The Hall–Kier alpha value is -5.22. The van der Waals surface area contributed by atoms with Gasteiger partial charge >= 0.3 is 0 Å². The predicted molar refractivity (Wildman–Crippen MR) is 374 cm³/mol. The minimum absolute atomic E-state index is 0.0786. The Morgan fingerprint density at radius 2 is 0.714 bits per heavy atom. The van der Waals surface area contributed by atoms with Crippen LogP contribution in [0.5, 0.6) is 46.0 Å². The predicted octanol–water partition coefficient (Wildman–Crippen LogP) is 6.82. The molecule has 0 saturated carbocycles. The van der Waals surface area contributed by atoms with Gasteiger partial charge in [0.25, 0.3) is 0 Å². The number of piperazine rings is 2. The third-order valence-corrected chi connectivity index (χ3v) is 28.4. The first-order valence-corrected chi connectivity index (χ1v) is 39.4. The summed E-state index contributed by atoms with van der Waals surface area (Å²) in [6, 6.07) is 7.56. The van der Waals surface area contributed by atoms with Gasteiger partial charge in [0.1, 0.15) is 0 Å². The summed E-state index contributed by atoms with van der Waals surface area (Å²) in [5.74, 6) is -1.52. The molecule has 4 aromatic rings. The number of hydrogen-bond donors (Lipinski definition) is 8. The number of fused-ring (bicyclic) bond motifs is 8. The van der Waals surface area contributed by atoms with E-state index < -0.39 is 58.6 Å². The Labute approximate surface area is 579 Å². The maximum atomic E-state index is 14.5. The summed E-state index contributed by atoms with van der Waals surface area (Å²) in [5, 5.41) is 94.4. The standard InChI is InChI=1S/C74H106N8O14S2/c1-69(2)42-73(61-49(65(87)57(83)32-53(61)69)37-75-14-10-46(11-15-75)79-26-29-95-30-27-79)43-70(3,4)54-33-58(84)66(88)50(62(54)73)38-76-16-12-47(13-17-76)80-28-31-96-48(36-80)41-98(93,94)82-24-20-78(21-25-82)40-52-64-56(35-60(86)68(52)90)72(7,8)45-74(64)44-71(5,6)55-34-59(85)67(89)51(63(55)74)39-77-18-22-81(23-19-77)97(9,91)92/h32-35,46-48,83-90H,10-31,36-45H2,1-9H3. The molecule has 24 heteroatoms. The van der Waals surface area contributed by atoms with E-state index in [0.717, 1.165) is 115 Å². The minimum Gasteiger partial charge on any atom is -0.504 e. The van der Waals surface area contributed by atoms with Gasteiger partial charge in [-0.05, 0) is 168 Å². The second-order valence-electron chi connectivity index (χ2n) is 33.5. The number of morpholine rings is 2. The van der Waals surface area contributed by atoms with Gasteiger partial charge in [-0.15, -0.1) is 0 Å². The molecular formula is C74H106N8O14S2. The van der Waals surface area contributed by atoms with Crippen molar-refractivity contribution in [3.05, 3.63) is 91.0 Å². The van der Waals surface area contributed by atoms with Gasteiger partial charge in [0.15, 0.2) is 46.0 Å². The van der Waals surface area contributed by atoms with E-state index in [1.165, 1.54) is 10.6 Å². The number of phenols is 8. The van der Waals surface area contributed by atoms with Crippen LogP contribution < -0.4 is 0 Å². The number of benzene rings is 4. The molecule has 538 valence electrons. The molecule has 0 amide bonds. The molecule has 3 unspecified atom stereocenters. The van der Waals surface area contributed by atoms with Gasteiger partial charge in [-0.3, -0.25) is 29.4 Å². The molecule has 0 aromatic heterocycles. The summed E-state index contributed by atoms with van der Waals surface area (Å²) in [4.78, 5) is 14.0. The fraction of sp³-hybridized carbons (Fsp3) is 0.676. The molecule has 0 bridgehead atoms. The number of phenolic OH excluding ortho intramolecular Hbond substituents is 8. The number of hydrogen-bond acceptors (Lipinski definition) is 20. The van der Waals surface area contributed by atoms with E-state index in [9.17, 15) is 57.7 Å². The first-order valence-electron chi connectivity index (χ1n) is 36.0. The van der Waals surface area contributed by atoms with E-state index in [4.69, 9.17) is 9.47 Å². The van der Waals surface area contributed by atoms with Crippen molar-refractivity contribution in [2.24, 2.45) is 0 Å². The summed E-state index contributed by atoms with van der Waals surface area (Å²) in [6.45, 7) is 29.6. The Kier molecular flexibility index (Phi) is 17.9. The maximum absolute atomic E-state index is 14.5. The molecule has 0 radical (unpaired) electrons. The highest BCUT2D eigenvalue weighted by molar-refractivity contribution is 7.89. The molecule has 98 heavy (non-hydrogen) atoms. The number of aromatic hydroxyl groups is 8. The Balaban J connectivity index is 0.643. The summed E-state index contributed by atoms with van der Waals surface area (Å²) >= 11 is 0. The van der Waals surface area contributed by atoms with Crippen LogP contribution in [0.3, 0.4) is 0 Å². The van der Waals surface area contributed by atoms with Crippen LogP contribution in [-0.2, 0) is 88.2 Å². The van der Waals surface area contributed by atoms with Crippen LogP contribution in [0.15, 0.2) is 24.3 Å². The van der Waals surface area contributed by atoms with Crippen LogP contribution in [0.25, 0.3) is 0 Å². The molecule has 22 nitrogen and oxygen atoms in total. The summed E-state index contributed by atoms with van der Waals surface area (Å²) in [5.41, 5.74) is 7.04. The van der Waals surface area contributed by atoms with E-state index in [-0.39, 0.29) is 84.0 Å². The van der Waals surface area contributed by atoms with Gasteiger partial charge in [0, 0.05) is 150 Å². The van der Waals surface area contributed by atoms with Crippen LogP contribution in [0, 0.1) is 0 Å². The summed E-state index contributed by atoms with van der Waals surface area (Å²) in [6.07, 6.45) is 6.91. The van der Waals surface area contributed by atoms with Crippen LogP contribution in [0.2, 0.25) is 0 Å². The van der Waals surface area contributed by atoms with Gasteiger partial charge in [0.2, 0.25) is 20.0 Å². The number of ether oxygens (including phenoxy) is 2. The molecule has 6 fully saturated rings. The molecule has 6 heterocycles. The van der Waals surface area contributed by atoms with Crippen molar-refractivity contribution >= 4 is 20.0 Å². The lowest BCUT2D eigenvalue weighted by atomic mass is 9.70. The molecule has 4 aliphatic carbocycles. The third kappa shape index (κ3) is 12.1. The number of piperidine rings is 2. The average Bonchev–Trinajstić information content (AvgIpc) is 1.52. The fourth-order valence-corrected chi connectivity index (χ4v) is 23.3. The first kappa shape index (κ1) is 69.8. The molecule has 3 atom stereocenters. The zero-order valence-electron chi connectivity index (χ0n) is 59.1. The van der Waals surface area contributed by atoms with Gasteiger partial charge in [-0.2, -0.15) is 8.61 Å². The number of nitrogens with zero attached hydrogens (tertiary/aromatic N) is 8. The van der Waals surface area contributed by atoms with Crippen molar-refractivity contribution in [3.63, 3.8) is 0 Å². The molecule has 14 rings (SSSR count). The average molecular weight is 1400 g/mol. The normalized spacial score (nSPS) is 27.7. The number of sulfonamides is 2. The fourth-order valence-electron chi connectivity index (χ4n) is 20.9. The highest BCUT2D eigenvalue weighted by atomic mass is 32.2. The molecule has 6 saturated heterocycles. The molecule has 8 N–H and O–H groups in total. The van der Waals surface area contributed by atoms with Crippen LogP contribution in [0.1, 0.15) is 174 Å². The van der Waals surface area contributed by atoms with Crippen molar-refractivity contribution in [1.29, 1.82) is 0 Å². The lowest BCUT2D eigenvalue weighted by Crippen LogP contribution is -2.54. The molecule has 4 aromatic carbocycles. The first-order chi connectivity index (χ1) is 46.1. The molecule has 10 aliphatic rings. The highest BCUT2D eigenvalue weighted by Gasteiger charge is 2.61. The zero-order chi connectivity index (χ0) is 69.8. The SMILES string of the molecule is CC1(C)CC2(CC(C)(C)c3cc(O)c(O)c(CN4CCC(N5CCOC(CS(=O)(=O)N6CCN(Cc7c(O)c(O)cc8c7C7(CC(C)(C)c9cc(O)c(O)c(CN%10CCN(S(C)(=O)=O)CC%10)c97)CC8(C)C)CC6)C5)CC4)c32)c2c1cc(O)c(O)c2CN1CCC(N2CCOCC2)CC1. The maximum Gasteiger partial charge on any atom is 0.216 e. The van der Waals surface area contributed by atoms with Gasteiger partial charge in [0.05, 0.1) is 37.9 Å². The Morgan fingerprint density at radius 3 is 1.05 bits per heavy atom. The molecule has 2 spiro atoms. The largest absolute Gasteiger partial charge is 0.504 e. The third-order valence-electron chi connectivity index (χ3n) is 25.1. The lowest BCUT2D eigenvalue weighted by molar-refractivity contribution is -0.0427. The van der Waals surface area contributed by atoms with E-state index in [2.05, 4.69) is 84.8 Å². The van der Waals surface area contributed by atoms with E-state index in [1.54, 1.807) is 28.6 Å². The van der Waals surface area contributed by atoms with Gasteiger partial charge < -0.3 is 50.3 Å². The van der Waals surface area contributed by atoms with E-state index in [0.29, 0.717) is 134 Å². The van der Waals surface area contributed by atoms with Crippen LogP contribution >= 0.6 is 0 Å². The van der Waals surface area contributed by atoms with Crippen molar-refractivity contribution in [2.75, 3.05) is 137 Å². The summed E-state index contributed by atoms with van der Waals surface area (Å²) < 4.78 is 69.0. The van der Waals surface area contributed by atoms with Crippen LogP contribution in [0.4, 0.5) is 0 Å². The molecular weight excluding hydrogens is 1290 g/mol. The van der Waals surface area contributed by atoms with Gasteiger partial charge in [-0.1, -0.05) is 55.4 Å². The quantitative estimate of drug-likeness (QED) is 0.0602. The highest BCUT2D eigenvalue weighted by Crippen LogP contribution is 2.69. The van der Waals surface area contributed by atoms with Crippen molar-refractivity contribution in [2.45, 2.75) is 184 Å². The Bertz CT molecular complexity index is 4010. The van der Waals surface area contributed by atoms with E-state index in [1.807, 2.05) is 0 Å². The van der Waals surface area contributed by atoms with Crippen LogP contribution in [-0.4, -0.2) is 250 Å². The smallest absolute Gasteiger partial charge is 0.216 e. The topological polar surface area (TPSA) is 274 Å². The minimum atomic E-state index is -3.80. The van der Waals surface area contributed by atoms with Gasteiger partial charge in [-0.25, -0.2) is 16.8 Å². The number of likely N-dealkylation sites (tertiary alicyclic amines) is 2.